The molecular formula is C29H36F2N4. The number of nitrogens with one attached hydrogen (secondary N) is 2. The van der Waals surface area contributed by atoms with Crippen molar-refractivity contribution in [3.8, 4) is 0 Å². The molecule has 6 heteroatoms. The molecule has 3 heterocycles. The van der Waals surface area contributed by atoms with E-state index < -0.39 is 0 Å². The van der Waals surface area contributed by atoms with Crippen LogP contribution in [-0.4, -0.2) is 59.9 Å². The second kappa shape index (κ2) is 10.4. The fourth-order valence-corrected chi connectivity index (χ4v) is 5.81. The fourth-order valence-electron chi connectivity index (χ4n) is 5.81. The number of benzene rings is 2. The standard InChI is InChI=1S/C29H36F2N4/c1-20(7-5-14-30)35-21(2)17-26-25-8-3-4-9-27(25)33-28(26)29(35)22-10-12-23(13-11-22)32-24-18-34(19-24)16-6-15-31/h3-4,8-13,21,24,29,32-33H,1,5-7,14-19H2,2H3/t21-,29-/m0/s1. The van der Waals surface area contributed by atoms with Crippen LogP contribution in [-0.2, 0) is 6.42 Å². The summed E-state index contributed by atoms with van der Waals surface area (Å²) in [6.07, 6.45) is 2.71. The highest BCUT2D eigenvalue weighted by Gasteiger charge is 2.36. The van der Waals surface area contributed by atoms with Crippen molar-refractivity contribution in [1.82, 2.24) is 14.8 Å². The van der Waals surface area contributed by atoms with Gasteiger partial charge in [-0.05, 0) is 61.9 Å². The number of aromatic nitrogens is 1. The van der Waals surface area contributed by atoms with Gasteiger partial charge in [0.15, 0.2) is 0 Å². The van der Waals surface area contributed by atoms with E-state index in [2.05, 4.69) is 82.1 Å². The van der Waals surface area contributed by atoms with E-state index in [1.54, 1.807) is 0 Å². The number of rotatable bonds is 10. The van der Waals surface area contributed by atoms with Crippen molar-refractivity contribution < 1.29 is 8.78 Å². The predicted molar refractivity (Wildman–Crippen MR) is 140 cm³/mol. The predicted octanol–water partition coefficient (Wildman–Crippen LogP) is 6.22. The summed E-state index contributed by atoms with van der Waals surface area (Å²) in [6, 6.07) is 17.9. The Bertz CT molecular complexity index is 1150. The Morgan fingerprint density at radius 2 is 1.80 bits per heavy atom. The van der Waals surface area contributed by atoms with Crippen LogP contribution in [0.25, 0.3) is 10.9 Å². The number of halogens is 2. The van der Waals surface area contributed by atoms with Crippen molar-refractivity contribution in [3.05, 3.63) is 77.6 Å². The van der Waals surface area contributed by atoms with Crippen molar-refractivity contribution in [1.29, 1.82) is 0 Å². The summed E-state index contributed by atoms with van der Waals surface area (Å²) in [4.78, 5) is 8.39. The summed E-state index contributed by atoms with van der Waals surface area (Å²) in [5.41, 5.74) is 7.05. The van der Waals surface area contributed by atoms with Crippen LogP contribution in [0.15, 0.2) is 60.8 Å². The maximum absolute atomic E-state index is 13.0. The van der Waals surface area contributed by atoms with Gasteiger partial charge in [0.25, 0.3) is 0 Å². The van der Waals surface area contributed by atoms with E-state index in [9.17, 15) is 8.78 Å². The molecule has 5 rings (SSSR count). The van der Waals surface area contributed by atoms with E-state index >= 15 is 0 Å². The van der Waals surface area contributed by atoms with Gasteiger partial charge in [-0.25, -0.2) is 0 Å². The molecule has 0 unspecified atom stereocenters. The van der Waals surface area contributed by atoms with Gasteiger partial charge in [-0.3, -0.25) is 13.7 Å². The van der Waals surface area contributed by atoms with Crippen molar-refractivity contribution in [2.75, 3.05) is 38.3 Å². The zero-order valence-corrected chi connectivity index (χ0v) is 20.6. The van der Waals surface area contributed by atoms with Gasteiger partial charge >= 0.3 is 0 Å². The van der Waals surface area contributed by atoms with Crippen molar-refractivity contribution in [2.45, 2.75) is 50.7 Å². The molecule has 1 aromatic heterocycles. The number of para-hydroxylation sites is 1. The van der Waals surface area contributed by atoms with E-state index in [0.717, 1.165) is 43.0 Å². The third kappa shape index (κ3) is 4.81. The van der Waals surface area contributed by atoms with Crippen molar-refractivity contribution in [3.63, 3.8) is 0 Å². The molecule has 2 N–H and O–H groups in total. The highest BCUT2D eigenvalue weighted by atomic mass is 19.1. The van der Waals surface area contributed by atoms with Gasteiger partial charge in [-0.1, -0.05) is 36.9 Å². The lowest BCUT2D eigenvalue weighted by Crippen LogP contribution is -2.54. The number of alkyl halides is 2. The van der Waals surface area contributed by atoms with Crippen LogP contribution in [0.4, 0.5) is 14.5 Å². The molecule has 186 valence electrons. The first-order valence-corrected chi connectivity index (χ1v) is 12.9. The van der Waals surface area contributed by atoms with Crippen LogP contribution in [0.3, 0.4) is 0 Å². The Balaban J connectivity index is 1.41. The molecule has 0 spiro atoms. The summed E-state index contributed by atoms with van der Waals surface area (Å²) >= 11 is 0. The molecule has 0 aliphatic carbocycles. The third-order valence-corrected chi connectivity index (χ3v) is 7.50. The normalized spacial score (nSPS) is 20.6. The summed E-state index contributed by atoms with van der Waals surface area (Å²) in [5, 5.41) is 4.90. The van der Waals surface area contributed by atoms with E-state index in [-0.39, 0.29) is 25.4 Å². The minimum Gasteiger partial charge on any atom is -0.380 e. The van der Waals surface area contributed by atoms with Gasteiger partial charge in [0.2, 0.25) is 0 Å². The van der Waals surface area contributed by atoms with Crippen LogP contribution in [0.2, 0.25) is 0 Å². The Labute approximate surface area is 207 Å². The minimum absolute atomic E-state index is 0.0159. The molecule has 1 saturated heterocycles. The largest absolute Gasteiger partial charge is 0.380 e. The summed E-state index contributed by atoms with van der Waals surface area (Å²) in [6.45, 7) is 8.82. The van der Waals surface area contributed by atoms with E-state index in [4.69, 9.17) is 0 Å². The zero-order valence-electron chi connectivity index (χ0n) is 20.6. The first-order chi connectivity index (χ1) is 17.1. The topological polar surface area (TPSA) is 34.3 Å². The monoisotopic (exact) mass is 478 g/mol. The lowest BCUT2D eigenvalue weighted by Gasteiger charge is -2.44. The van der Waals surface area contributed by atoms with Crippen LogP contribution < -0.4 is 5.32 Å². The summed E-state index contributed by atoms with van der Waals surface area (Å²) in [7, 11) is 0. The molecule has 0 radical (unpaired) electrons. The molecule has 35 heavy (non-hydrogen) atoms. The van der Waals surface area contributed by atoms with Gasteiger partial charge in [-0.15, -0.1) is 0 Å². The number of aromatic amines is 1. The Morgan fingerprint density at radius 1 is 1.06 bits per heavy atom. The summed E-state index contributed by atoms with van der Waals surface area (Å²) < 4.78 is 25.4. The van der Waals surface area contributed by atoms with Crippen LogP contribution in [0, 0.1) is 0 Å². The molecule has 0 amide bonds. The minimum atomic E-state index is -0.323. The lowest BCUT2D eigenvalue weighted by atomic mass is 9.87. The number of anilines is 1. The van der Waals surface area contributed by atoms with Crippen LogP contribution >= 0.6 is 0 Å². The quantitative estimate of drug-likeness (QED) is 0.363. The number of hydrogen-bond donors (Lipinski definition) is 2. The molecule has 2 atom stereocenters. The Kier molecular flexibility index (Phi) is 7.09. The highest BCUT2D eigenvalue weighted by Crippen LogP contribution is 2.43. The molecule has 2 aliphatic rings. The van der Waals surface area contributed by atoms with Crippen LogP contribution in [0.5, 0.6) is 0 Å². The Morgan fingerprint density at radius 3 is 2.54 bits per heavy atom. The number of H-pyrrole nitrogens is 1. The van der Waals surface area contributed by atoms with Crippen molar-refractivity contribution in [2.24, 2.45) is 0 Å². The number of nitrogens with zero attached hydrogens (tertiary/aromatic N) is 2. The van der Waals surface area contributed by atoms with Crippen molar-refractivity contribution >= 4 is 16.6 Å². The smallest absolute Gasteiger partial charge is 0.0947 e. The highest BCUT2D eigenvalue weighted by molar-refractivity contribution is 5.85. The first-order valence-electron chi connectivity index (χ1n) is 12.9. The summed E-state index contributed by atoms with van der Waals surface area (Å²) in [5.74, 6) is 0. The second-order valence-corrected chi connectivity index (χ2v) is 10.0. The SMILES string of the molecule is C=C(CCCF)N1[C@@H](c2ccc(NC3CN(CCCF)C3)cc2)c2[nH]c3ccccc3c2C[C@@H]1C. The molecule has 2 aliphatic heterocycles. The first kappa shape index (κ1) is 23.9. The van der Waals surface area contributed by atoms with E-state index in [1.165, 1.54) is 22.2 Å². The molecule has 2 aromatic carbocycles. The number of likely N-dealkylation sites (tertiary alicyclic amines) is 1. The third-order valence-electron chi connectivity index (χ3n) is 7.50. The second-order valence-electron chi connectivity index (χ2n) is 10.0. The Hall–Kier alpha value is -2.86. The fraction of sp³-hybridized carbons (Fsp3) is 0.448. The molecular weight excluding hydrogens is 442 g/mol. The average Bonchev–Trinajstić information content (AvgIpc) is 3.21. The maximum Gasteiger partial charge on any atom is 0.0947 e. The number of allylic oxidation sites excluding steroid dienone is 1. The maximum atomic E-state index is 13.0. The van der Waals surface area contributed by atoms with Gasteiger partial charge in [0.1, 0.15) is 0 Å². The van der Waals surface area contributed by atoms with E-state index in [0.29, 0.717) is 25.3 Å². The average molecular weight is 479 g/mol. The van der Waals surface area contributed by atoms with Gasteiger partial charge in [0.05, 0.1) is 25.4 Å². The molecule has 0 bridgehead atoms. The van der Waals surface area contributed by atoms with Gasteiger partial charge in [0, 0.05) is 53.7 Å². The molecule has 3 aromatic rings. The lowest BCUT2D eigenvalue weighted by molar-refractivity contribution is 0.155. The molecule has 1 fully saturated rings. The van der Waals surface area contributed by atoms with Gasteiger partial charge in [-0.2, -0.15) is 0 Å². The number of hydrogen-bond acceptors (Lipinski definition) is 3. The van der Waals surface area contributed by atoms with E-state index in [1.807, 2.05) is 0 Å². The van der Waals surface area contributed by atoms with Crippen LogP contribution in [0.1, 0.15) is 49.0 Å². The van der Waals surface area contributed by atoms with Gasteiger partial charge < -0.3 is 15.2 Å². The molecule has 4 nitrogen and oxygen atoms in total. The molecule has 0 saturated carbocycles. The number of fused-ring (bicyclic) bond motifs is 3. The zero-order chi connectivity index (χ0) is 24.4.